The fourth-order valence-electron chi connectivity index (χ4n) is 3.19. The van der Waals surface area contributed by atoms with E-state index in [0.717, 1.165) is 5.56 Å². The molecule has 0 unspecified atom stereocenters. The molecule has 1 aliphatic heterocycles. The molecule has 0 spiro atoms. The second-order valence-electron chi connectivity index (χ2n) is 7.33. The first-order valence-corrected chi connectivity index (χ1v) is 11.8. The number of hydrogen-bond acceptors (Lipinski definition) is 6. The number of carbonyl (C=O) groups excluding carboxylic acids is 2. The summed E-state index contributed by atoms with van der Waals surface area (Å²) in [6.07, 6.45) is 1.59. The number of aryl methyl sites for hydroxylation is 1. The van der Waals surface area contributed by atoms with Crippen molar-refractivity contribution < 1.29 is 23.8 Å². The third-order valence-electron chi connectivity index (χ3n) is 4.84. The van der Waals surface area contributed by atoms with E-state index in [1.165, 1.54) is 0 Å². The Bertz CT molecular complexity index is 1330. The van der Waals surface area contributed by atoms with E-state index in [2.05, 4.69) is 27.6 Å². The van der Waals surface area contributed by atoms with Crippen molar-refractivity contribution in [3.05, 3.63) is 97.2 Å². The van der Waals surface area contributed by atoms with Gasteiger partial charge in [0.15, 0.2) is 17.2 Å². The largest absolute Gasteiger partial charge is 0.490 e. The first kappa shape index (κ1) is 24.0. The monoisotopic (exact) mass is 587 g/mol. The minimum absolute atomic E-state index is 0.123. The normalized spacial score (nSPS) is 14.1. The maximum atomic E-state index is 12.7. The van der Waals surface area contributed by atoms with Crippen LogP contribution in [0.2, 0.25) is 5.02 Å². The lowest BCUT2D eigenvalue weighted by Crippen LogP contribution is -2.11. The summed E-state index contributed by atoms with van der Waals surface area (Å²) in [5.74, 6) is -0.242. The lowest BCUT2D eigenvalue weighted by molar-refractivity contribution is -0.129. The third-order valence-corrected chi connectivity index (χ3v) is 5.97. The quantitative estimate of drug-likeness (QED) is 0.148. The van der Waals surface area contributed by atoms with Crippen molar-refractivity contribution in [2.75, 3.05) is 6.61 Å². The molecule has 3 aromatic rings. The van der Waals surface area contributed by atoms with Crippen molar-refractivity contribution in [1.82, 2.24) is 0 Å². The van der Waals surface area contributed by atoms with Crippen LogP contribution in [0.1, 0.15) is 34.0 Å². The molecule has 0 fully saturated rings. The van der Waals surface area contributed by atoms with Gasteiger partial charge in [0, 0.05) is 0 Å². The molecule has 0 aromatic heterocycles. The molecule has 3 aromatic carbocycles. The van der Waals surface area contributed by atoms with Gasteiger partial charge in [-0.15, -0.1) is 0 Å². The van der Waals surface area contributed by atoms with Gasteiger partial charge < -0.3 is 14.2 Å². The first-order valence-electron chi connectivity index (χ1n) is 10.4. The summed E-state index contributed by atoms with van der Waals surface area (Å²) >= 11 is 8.26. The molecule has 8 heteroatoms. The Morgan fingerprint density at radius 3 is 2.59 bits per heavy atom. The van der Waals surface area contributed by atoms with E-state index >= 15 is 0 Å². The van der Waals surface area contributed by atoms with Gasteiger partial charge in [-0.05, 0) is 84.5 Å². The number of benzene rings is 3. The van der Waals surface area contributed by atoms with Crippen molar-refractivity contribution in [3.8, 4) is 11.5 Å². The molecule has 0 atom stereocenters. The van der Waals surface area contributed by atoms with E-state index in [0.29, 0.717) is 43.4 Å². The van der Waals surface area contributed by atoms with Gasteiger partial charge >= 0.3 is 11.9 Å². The topological polar surface area (TPSA) is 74.2 Å². The van der Waals surface area contributed by atoms with E-state index in [1.807, 2.05) is 26.0 Å². The zero-order valence-corrected chi connectivity index (χ0v) is 21.2. The number of aliphatic imine (C=N–C) groups is 1. The van der Waals surface area contributed by atoms with Crippen LogP contribution in [0.4, 0.5) is 0 Å². The van der Waals surface area contributed by atoms with Crippen LogP contribution in [0.25, 0.3) is 6.08 Å². The Kier molecular flexibility index (Phi) is 7.33. The summed E-state index contributed by atoms with van der Waals surface area (Å²) in [6, 6.07) is 17.6. The van der Waals surface area contributed by atoms with Crippen molar-refractivity contribution in [3.63, 3.8) is 0 Å². The van der Waals surface area contributed by atoms with E-state index in [4.69, 9.17) is 25.8 Å². The molecule has 0 saturated heterocycles. The highest BCUT2D eigenvalue weighted by Gasteiger charge is 2.26. The van der Waals surface area contributed by atoms with Crippen LogP contribution >= 0.6 is 34.2 Å². The van der Waals surface area contributed by atoms with Crippen LogP contribution in [-0.2, 0) is 9.53 Å². The summed E-state index contributed by atoms with van der Waals surface area (Å²) in [5, 5.41) is 0.434. The minimum atomic E-state index is -0.585. The van der Waals surface area contributed by atoms with Gasteiger partial charge in [-0.2, -0.15) is 0 Å². The Labute approximate surface area is 215 Å². The molecule has 34 heavy (non-hydrogen) atoms. The van der Waals surface area contributed by atoms with Gasteiger partial charge in [0.05, 0.1) is 26.3 Å². The molecule has 4 rings (SSSR count). The Morgan fingerprint density at radius 2 is 1.88 bits per heavy atom. The SMILES string of the molecule is CCOc1cc(/C=C2\N=C(c3ccccc3Cl)OC2=O)cc(I)c1OC(=O)c1ccc(C)cc1. The fraction of sp³-hybridized carbons (Fsp3) is 0.115. The number of cyclic esters (lactones) is 1. The van der Waals surface area contributed by atoms with Crippen LogP contribution in [0.5, 0.6) is 11.5 Å². The number of hydrogen-bond donors (Lipinski definition) is 0. The zero-order chi connectivity index (χ0) is 24.2. The summed E-state index contributed by atoms with van der Waals surface area (Å²) in [6.45, 7) is 4.14. The van der Waals surface area contributed by atoms with Crippen molar-refractivity contribution in [2.45, 2.75) is 13.8 Å². The van der Waals surface area contributed by atoms with Gasteiger partial charge in [-0.25, -0.2) is 14.6 Å². The highest BCUT2D eigenvalue weighted by atomic mass is 127. The Balaban J connectivity index is 1.65. The lowest BCUT2D eigenvalue weighted by Gasteiger charge is -2.13. The number of carbonyl (C=O) groups is 2. The predicted molar refractivity (Wildman–Crippen MR) is 139 cm³/mol. The van der Waals surface area contributed by atoms with Gasteiger partial charge in [0.25, 0.3) is 0 Å². The smallest absolute Gasteiger partial charge is 0.363 e. The molecule has 6 nitrogen and oxygen atoms in total. The molecule has 172 valence electrons. The summed E-state index contributed by atoms with van der Waals surface area (Å²) < 4.78 is 17.3. The second-order valence-corrected chi connectivity index (χ2v) is 8.90. The Morgan fingerprint density at radius 1 is 1.15 bits per heavy atom. The van der Waals surface area contributed by atoms with Gasteiger partial charge in [-0.3, -0.25) is 0 Å². The number of esters is 2. The standard InChI is InChI=1S/C26H19ClINO5/c1-3-32-22-14-16(12-20(28)23(22)33-25(30)17-10-8-15(2)9-11-17)13-21-26(31)34-24(29-21)18-6-4-5-7-19(18)27/h4-14H,3H2,1-2H3/b21-13-. The molecule has 0 aliphatic carbocycles. The average molecular weight is 588 g/mol. The molecule has 0 N–H and O–H groups in total. The van der Waals surface area contributed by atoms with Crippen molar-refractivity contribution >= 4 is 58.1 Å². The molecular weight excluding hydrogens is 569 g/mol. The number of ether oxygens (including phenoxy) is 3. The molecule has 0 radical (unpaired) electrons. The summed E-state index contributed by atoms with van der Waals surface area (Å²) in [7, 11) is 0. The van der Waals surface area contributed by atoms with Crippen molar-refractivity contribution in [1.29, 1.82) is 0 Å². The average Bonchev–Trinajstić information content (AvgIpc) is 3.16. The fourth-order valence-corrected chi connectivity index (χ4v) is 4.14. The second kappa shape index (κ2) is 10.4. The summed E-state index contributed by atoms with van der Waals surface area (Å²) in [5.41, 5.74) is 2.77. The van der Waals surface area contributed by atoms with Crippen molar-refractivity contribution in [2.24, 2.45) is 4.99 Å². The molecule has 0 saturated carbocycles. The summed E-state index contributed by atoms with van der Waals surface area (Å²) in [4.78, 5) is 29.4. The lowest BCUT2D eigenvalue weighted by atomic mass is 10.1. The van der Waals surface area contributed by atoms with Crippen LogP contribution < -0.4 is 9.47 Å². The van der Waals surface area contributed by atoms with Crippen LogP contribution in [0, 0.1) is 10.5 Å². The molecule has 0 amide bonds. The number of nitrogens with zero attached hydrogens (tertiary/aromatic N) is 1. The van der Waals surface area contributed by atoms with Crippen LogP contribution in [0.3, 0.4) is 0 Å². The van der Waals surface area contributed by atoms with Gasteiger partial charge in [-0.1, -0.05) is 41.4 Å². The molecule has 1 aliphatic rings. The van der Waals surface area contributed by atoms with E-state index in [9.17, 15) is 9.59 Å². The predicted octanol–water partition coefficient (Wildman–Crippen LogP) is 6.22. The number of halogens is 2. The highest BCUT2D eigenvalue weighted by molar-refractivity contribution is 14.1. The number of rotatable bonds is 6. The Hall–Kier alpha value is -3.17. The van der Waals surface area contributed by atoms with Crippen LogP contribution in [0.15, 0.2) is 71.4 Å². The van der Waals surface area contributed by atoms with Gasteiger partial charge in [0.2, 0.25) is 5.90 Å². The molecular formula is C26H19ClINO5. The molecule has 0 bridgehead atoms. The third kappa shape index (κ3) is 5.31. The van der Waals surface area contributed by atoms with Crippen LogP contribution in [-0.4, -0.2) is 24.4 Å². The maximum Gasteiger partial charge on any atom is 0.363 e. The van der Waals surface area contributed by atoms with E-state index < -0.39 is 11.9 Å². The minimum Gasteiger partial charge on any atom is -0.490 e. The highest BCUT2D eigenvalue weighted by Crippen LogP contribution is 2.36. The zero-order valence-electron chi connectivity index (χ0n) is 18.3. The first-order chi connectivity index (χ1) is 16.4. The molecule has 1 heterocycles. The van der Waals surface area contributed by atoms with E-state index in [1.54, 1.807) is 54.6 Å². The maximum absolute atomic E-state index is 12.7. The van der Waals surface area contributed by atoms with Gasteiger partial charge in [0.1, 0.15) is 0 Å². The van der Waals surface area contributed by atoms with E-state index in [-0.39, 0.29) is 11.6 Å².